The fraction of sp³-hybridized carbons (Fsp3) is 0.462. The number of rotatable bonds is 6. The van der Waals surface area contributed by atoms with Crippen LogP contribution in [-0.4, -0.2) is 18.2 Å². The van der Waals surface area contributed by atoms with Crippen molar-refractivity contribution in [3.8, 4) is 0 Å². The standard InChI is InChI=1S/C13H20N2OS/c1-3-5-8-17-12-9-10(6-7-11(12)14)13(16)15-4-2/h6-7,9H,3-5,8,14H2,1-2H3,(H,15,16). The number of anilines is 1. The van der Waals surface area contributed by atoms with Crippen LogP contribution in [0.1, 0.15) is 37.0 Å². The quantitative estimate of drug-likeness (QED) is 0.465. The van der Waals surface area contributed by atoms with Crippen LogP contribution >= 0.6 is 11.8 Å². The Balaban J connectivity index is 2.75. The number of hydrogen-bond donors (Lipinski definition) is 2. The molecule has 0 aliphatic carbocycles. The van der Waals surface area contributed by atoms with Crippen molar-refractivity contribution in [1.29, 1.82) is 0 Å². The van der Waals surface area contributed by atoms with Crippen molar-refractivity contribution < 1.29 is 4.79 Å². The Labute approximate surface area is 107 Å². The number of carbonyl (C=O) groups excluding carboxylic acids is 1. The molecule has 0 aliphatic rings. The highest BCUT2D eigenvalue weighted by Gasteiger charge is 2.07. The van der Waals surface area contributed by atoms with E-state index in [0.29, 0.717) is 12.1 Å². The summed E-state index contributed by atoms with van der Waals surface area (Å²) in [5, 5.41) is 2.79. The molecular weight excluding hydrogens is 232 g/mol. The average Bonchev–Trinajstić information content (AvgIpc) is 2.32. The lowest BCUT2D eigenvalue weighted by Crippen LogP contribution is -2.22. The zero-order valence-corrected chi connectivity index (χ0v) is 11.3. The molecule has 1 aromatic carbocycles. The average molecular weight is 252 g/mol. The van der Waals surface area contributed by atoms with Crippen molar-refractivity contribution in [1.82, 2.24) is 5.32 Å². The summed E-state index contributed by atoms with van der Waals surface area (Å²) in [4.78, 5) is 12.7. The van der Waals surface area contributed by atoms with Crippen molar-refractivity contribution in [3.05, 3.63) is 23.8 Å². The molecule has 0 fully saturated rings. The summed E-state index contributed by atoms with van der Waals surface area (Å²) < 4.78 is 0. The topological polar surface area (TPSA) is 55.1 Å². The van der Waals surface area contributed by atoms with Crippen LogP contribution in [0.4, 0.5) is 5.69 Å². The van der Waals surface area contributed by atoms with Crippen LogP contribution in [0.3, 0.4) is 0 Å². The minimum atomic E-state index is -0.0372. The monoisotopic (exact) mass is 252 g/mol. The first-order valence-electron chi connectivity index (χ1n) is 5.99. The van der Waals surface area contributed by atoms with Gasteiger partial charge in [-0.15, -0.1) is 11.8 Å². The highest BCUT2D eigenvalue weighted by molar-refractivity contribution is 7.99. The molecule has 0 spiro atoms. The lowest BCUT2D eigenvalue weighted by Gasteiger charge is -2.08. The van der Waals surface area contributed by atoms with E-state index in [1.165, 1.54) is 6.42 Å². The Morgan fingerprint density at radius 2 is 2.18 bits per heavy atom. The number of nitrogens with two attached hydrogens (primary N) is 1. The number of amides is 1. The molecule has 1 amide bonds. The van der Waals surface area contributed by atoms with Crippen LogP contribution < -0.4 is 11.1 Å². The third-order valence-corrected chi connectivity index (χ3v) is 3.53. The summed E-state index contributed by atoms with van der Waals surface area (Å²) >= 11 is 1.72. The molecule has 0 saturated heterocycles. The lowest BCUT2D eigenvalue weighted by atomic mass is 10.2. The molecule has 94 valence electrons. The number of benzene rings is 1. The Hall–Kier alpha value is -1.16. The van der Waals surface area contributed by atoms with Gasteiger partial charge >= 0.3 is 0 Å². The third kappa shape index (κ3) is 4.30. The van der Waals surface area contributed by atoms with E-state index >= 15 is 0 Å². The normalized spacial score (nSPS) is 10.2. The van der Waals surface area contributed by atoms with Gasteiger partial charge < -0.3 is 11.1 Å². The van der Waals surface area contributed by atoms with Gasteiger partial charge in [-0.3, -0.25) is 4.79 Å². The maximum atomic E-state index is 11.7. The van der Waals surface area contributed by atoms with Crippen LogP contribution in [0.5, 0.6) is 0 Å². The summed E-state index contributed by atoms with van der Waals surface area (Å²) in [5.41, 5.74) is 7.32. The number of carbonyl (C=O) groups is 1. The maximum Gasteiger partial charge on any atom is 0.251 e. The van der Waals surface area contributed by atoms with Gasteiger partial charge in [0.2, 0.25) is 0 Å². The molecule has 1 rings (SSSR count). The number of unbranched alkanes of at least 4 members (excludes halogenated alkanes) is 1. The lowest BCUT2D eigenvalue weighted by molar-refractivity contribution is 0.0955. The minimum Gasteiger partial charge on any atom is -0.398 e. The van der Waals surface area contributed by atoms with Crippen LogP contribution in [-0.2, 0) is 0 Å². The first kappa shape index (κ1) is 13.9. The summed E-state index contributed by atoms with van der Waals surface area (Å²) in [5.74, 6) is 1.00. The molecule has 0 unspecified atom stereocenters. The van der Waals surface area contributed by atoms with E-state index in [2.05, 4.69) is 12.2 Å². The molecule has 4 heteroatoms. The first-order chi connectivity index (χ1) is 8.19. The van der Waals surface area contributed by atoms with E-state index in [1.54, 1.807) is 23.9 Å². The SMILES string of the molecule is CCCCSc1cc(C(=O)NCC)ccc1N. The molecule has 3 N–H and O–H groups in total. The molecule has 17 heavy (non-hydrogen) atoms. The smallest absolute Gasteiger partial charge is 0.251 e. The Morgan fingerprint density at radius 3 is 2.82 bits per heavy atom. The van der Waals surface area contributed by atoms with Crippen molar-refractivity contribution in [3.63, 3.8) is 0 Å². The summed E-state index contributed by atoms with van der Waals surface area (Å²) in [6, 6.07) is 5.45. The van der Waals surface area contributed by atoms with Gasteiger partial charge in [-0.25, -0.2) is 0 Å². The molecule has 0 heterocycles. The van der Waals surface area contributed by atoms with E-state index in [1.807, 2.05) is 13.0 Å². The number of thioether (sulfide) groups is 1. The molecule has 1 aromatic rings. The van der Waals surface area contributed by atoms with Gasteiger partial charge in [0.05, 0.1) is 0 Å². The van der Waals surface area contributed by atoms with E-state index < -0.39 is 0 Å². The predicted molar refractivity (Wildman–Crippen MR) is 74.5 cm³/mol. The molecule has 0 atom stereocenters. The van der Waals surface area contributed by atoms with Crippen LogP contribution in [0.25, 0.3) is 0 Å². The van der Waals surface area contributed by atoms with Gasteiger partial charge in [-0.1, -0.05) is 13.3 Å². The fourth-order valence-corrected chi connectivity index (χ4v) is 2.49. The van der Waals surface area contributed by atoms with Crippen LogP contribution in [0.15, 0.2) is 23.1 Å². The number of nitrogen functional groups attached to an aromatic ring is 1. The third-order valence-electron chi connectivity index (χ3n) is 2.37. The van der Waals surface area contributed by atoms with Gasteiger partial charge in [0.15, 0.2) is 0 Å². The molecule has 0 saturated carbocycles. The Morgan fingerprint density at radius 1 is 1.41 bits per heavy atom. The van der Waals surface area contributed by atoms with Crippen molar-refractivity contribution in [2.45, 2.75) is 31.6 Å². The molecule has 3 nitrogen and oxygen atoms in total. The molecule has 0 aromatic heterocycles. The summed E-state index contributed by atoms with van der Waals surface area (Å²) in [7, 11) is 0. The molecule has 0 aliphatic heterocycles. The van der Waals surface area contributed by atoms with Gasteiger partial charge in [0.25, 0.3) is 5.91 Å². The van der Waals surface area contributed by atoms with Gasteiger partial charge in [0.1, 0.15) is 0 Å². The summed E-state index contributed by atoms with van der Waals surface area (Å²) in [6.45, 7) is 4.71. The molecule has 0 radical (unpaired) electrons. The second-order valence-electron chi connectivity index (χ2n) is 3.81. The zero-order chi connectivity index (χ0) is 12.7. The predicted octanol–water partition coefficient (Wildman–Crippen LogP) is 2.91. The number of hydrogen-bond acceptors (Lipinski definition) is 3. The largest absolute Gasteiger partial charge is 0.398 e. The fourth-order valence-electron chi connectivity index (χ4n) is 1.39. The Bertz CT molecular complexity index is 380. The van der Waals surface area contributed by atoms with Crippen molar-refractivity contribution >= 4 is 23.4 Å². The van der Waals surface area contributed by atoms with Crippen molar-refractivity contribution in [2.75, 3.05) is 18.0 Å². The molecular formula is C13H20N2OS. The molecule has 0 bridgehead atoms. The minimum absolute atomic E-state index is 0.0372. The van der Waals surface area contributed by atoms with Crippen LogP contribution in [0.2, 0.25) is 0 Å². The van der Waals surface area contributed by atoms with Gasteiger partial charge in [-0.05, 0) is 37.3 Å². The summed E-state index contributed by atoms with van der Waals surface area (Å²) in [6.07, 6.45) is 2.33. The number of nitrogens with one attached hydrogen (secondary N) is 1. The van der Waals surface area contributed by atoms with E-state index in [9.17, 15) is 4.79 Å². The zero-order valence-electron chi connectivity index (χ0n) is 10.5. The Kier molecular flexibility index (Phi) is 5.91. The highest BCUT2D eigenvalue weighted by Crippen LogP contribution is 2.26. The maximum absolute atomic E-state index is 11.7. The highest BCUT2D eigenvalue weighted by atomic mass is 32.2. The van der Waals surface area contributed by atoms with E-state index in [0.717, 1.165) is 22.8 Å². The van der Waals surface area contributed by atoms with E-state index in [-0.39, 0.29) is 5.91 Å². The van der Waals surface area contributed by atoms with Gasteiger partial charge in [-0.2, -0.15) is 0 Å². The van der Waals surface area contributed by atoms with Crippen LogP contribution in [0, 0.1) is 0 Å². The second kappa shape index (κ2) is 7.22. The first-order valence-corrected chi connectivity index (χ1v) is 6.98. The second-order valence-corrected chi connectivity index (χ2v) is 4.95. The van der Waals surface area contributed by atoms with Gasteiger partial charge in [0, 0.05) is 22.7 Å². The van der Waals surface area contributed by atoms with E-state index in [4.69, 9.17) is 5.73 Å². The van der Waals surface area contributed by atoms with Crippen molar-refractivity contribution in [2.24, 2.45) is 0 Å².